The molecule has 0 aliphatic rings. The molecule has 0 saturated carbocycles. The normalized spacial score (nSPS) is 9.65. The van der Waals surface area contributed by atoms with Crippen LogP contribution in [0.1, 0.15) is 20.8 Å². The third-order valence-corrected chi connectivity index (χ3v) is 3.00. The molecule has 8 nitrogen and oxygen atoms in total. The van der Waals surface area contributed by atoms with Crippen molar-refractivity contribution in [2.75, 3.05) is 37.0 Å². The Bertz CT molecular complexity index is 620. The van der Waals surface area contributed by atoms with Gasteiger partial charge >= 0.3 is 17.9 Å². The highest BCUT2D eigenvalue weighted by molar-refractivity contribution is 6.14. The Kier molecular flexibility index (Phi) is 9.30. The fraction of sp³-hybridized carbons (Fsp3) is 0.389. The van der Waals surface area contributed by atoms with Gasteiger partial charge in [0.2, 0.25) is 0 Å². The van der Waals surface area contributed by atoms with Crippen molar-refractivity contribution in [3.63, 3.8) is 0 Å². The second kappa shape index (κ2) is 11.5. The predicted octanol–water partition coefficient (Wildman–Crippen LogP) is 2.08. The summed E-state index contributed by atoms with van der Waals surface area (Å²) < 4.78 is 14.5. The summed E-state index contributed by atoms with van der Waals surface area (Å²) in [4.78, 5) is 34.4. The minimum atomic E-state index is -0.748. The Hall–Kier alpha value is -3.03. The molecular weight excluding hydrogens is 340 g/mol. The molecule has 1 aromatic rings. The SMILES string of the molecule is CCOC(=O)C(=CNc1ccc(NCCOC(C)=O)cc1)C(=O)OCC. The molecule has 0 aliphatic heterocycles. The van der Waals surface area contributed by atoms with Crippen molar-refractivity contribution >= 4 is 29.3 Å². The number of hydrogen-bond donors (Lipinski definition) is 2. The molecule has 1 rings (SSSR count). The largest absolute Gasteiger partial charge is 0.464 e. The Morgan fingerprint density at radius 3 is 1.96 bits per heavy atom. The number of esters is 3. The van der Waals surface area contributed by atoms with E-state index in [0.29, 0.717) is 12.2 Å². The number of carbonyl (C=O) groups is 3. The van der Waals surface area contributed by atoms with Crippen LogP contribution in [0.2, 0.25) is 0 Å². The highest BCUT2D eigenvalue weighted by Gasteiger charge is 2.20. The molecule has 142 valence electrons. The molecule has 0 atom stereocenters. The Labute approximate surface area is 152 Å². The van der Waals surface area contributed by atoms with Gasteiger partial charge in [-0.2, -0.15) is 0 Å². The van der Waals surface area contributed by atoms with Crippen LogP contribution < -0.4 is 10.6 Å². The maximum absolute atomic E-state index is 11.9. The molecule has 0 bridgehead atoms. The molecule has 0 heterocycles. The van der Waals surface area contributed by atoms with Gasteiger partial charge in [0.1, 0.15) is 6.61 Å². The molecule has 26 heavy (non-hydrogen) atoms. The van der Waals surface area contributed by atoms with Crippen LogP contribution in [0.3, 0.4) is 0 Å². The Balaban J connectivity index is 2.66. The van der Waals surface area contributed by atoms with Crippen LogP contribution in [-0.2, 0) is 28.6 Å². The number of ether oxygens (including phenoxy) is 3. The quantitative estimate of drug-likeness (QED) is 0.162. The summed E-state index contributed by atoms with van der Waals surface area (Å²) >= 11 is 0. The lowest BCUT2D eigenvalue weighted by atomic mass is 10.2. The Morgan fingerprint density at radius 2 is 1.46 bits per heavy atom. The van der Waals surface area contributed by atoms with E-state index in [1.54, 1.807) is 38.1 Å². The molecule has 0 aliphatic carbocycles. The first-order chi connectivity index (χ1) is 12.5. The molecule has 1 aromatic carbocycles. The van der Waals surface area contributed by atoms with Crippen LogP contribution in [-0.4, -0.2) is 44.3 Å². The van der Waals surface area contributed by atoms with Crippen molar-refractivity contribution in [1.29, 1.82) is 0 Å². The summed E-state index contributed by atoms with van der Waals surface area (Å²) in [7, 11) is 0. The lowest BCUT2D eigenvalue weighted by Gasteiger charge is -2.09. The van der Waals surface area contributed by atoms with E-state index in [4.69, 9.17) is 14.2 Å². The van der Waals surface area contributed by atoms with Crippen LogP contribution in [0, 0.1) is 0 Å². The molecule has 0 unspecified atom stereocenters. The summed E-state index contributed by atoms with van der Waals surface area (Å²) in [6.45, 7) is 5.74. The van der Waals surface area contributed by atoms with Crippen LogP contribution in [0.4, 0.5) is 11.4 Å². The first-order valence-electron chi connectivity index (χ1n) is 8.26. The summed E-state index contributed by atoms with van der Waals surface area (Å²) in [5.41, 5.74) is 1.29. The second-order valence-corrected chi connectivity index (χ2v) is 4.99. The standard InChI is InChI=1S/C18H24N2O6/c1-4-24-17(22)16(18(23)25-5-2)12-20-15-8-6-14(7-9-15)19-10-11-26-13(3)21/h6-9,12,19-20H,4-5,10-11H2,1-3H3. The average Bonchev–Trinajstić information content (AvgIpc) is 2.60. The van der Waals surface area contributed by atoms with Crippen molar-refractivity contribution in [1.82, 2.24) is 0 Å². The highest BCUT2D eigenvalue weighted by Crippen LogP contribution is 2.14. The van der Waals surface area contributed by atoms with E-state index in [9.17, 15) is 14.4 Å². The lowest BCUT2D eigenvalue weighted by molar-refractivity contribution is -0.146. The zero-order valence-corrected chi connectivity index (χ0v) is 15.2. The minimum Gasteiger partial charge on any atom is -0.464 e. The molecule has 0 fully saturated rings. The van der Waals surface area contributed by atoms with Gasteiger partial charge in [-0.3, -0.25) is 4.79 Å². The lowest BCUT2D eigenvalue weighted by Crippen LogP contribution is -2.19. The number of carbonyl (C=O) groups excluding carboxylic acids is 3. The third kappa shape index (κ3) is 7.69. The number of benzene rings is 1. The van der Waals surface area contributed by atoms with E-state index >= 15 is 0 Å². The molecule has 0 spiro atoms. The topological polar surface area (TPSA) is 103 Å². The maximum Gasteiger partial charge on any atom is 0.347 e. The number of rotatable bonds is 10. The van der Waals surface area contributed by atoms with E-state index in [2.05, 4.69) is 10.6 Å². The second-order valence-electron chi connectivity index (χ2n) is 4.99. The molecule has 0 amide bonds. The smallest absolute Gasteiger partial charge is 0.347 e. The zero-order chi connectivity index (χ0) is 19.4. The summed E-state index contributed by atoms with van der Waals surface area (Å²) in [5.74, 6) is -1.82. The first kappa shape index (κ1) is 21.0. The molecule has 0 radical (unpaired) electrons. The number of hydrogen-bond acceptors (Lipinski definition) is 8. The van der Waals surface area contributed by atoms with Crippen molar-refractivity contribution in [3.8, 4) is 0 Å². The van der Waals surface area contributed by atoms with Crippen molar-refractivity contribution in [2.45, 2.75) is 20.8 Å². The van der Waals surface area contributed by atoms with Gasteiger partial charge in [0, 0.05) is 31.0 Å². The van der Waals surface area contributed by atoms with Crippen LogP contribution >= 0.6 is 0 Å². The fourth-order valence-electron chi connectivity index (χ4n) is 1.85. The van der Waals surface area contributed by atoms with E-state index < -0.39 is 11.9 Å². The molecule has 2 N–H and O–H groups in total. The first-order valence-corrected chi connectivity index (χ1v) is 8.26. The molecule has 0 aromatic heterocycles. The van der Waals surface area contributed by atoms with Crippen molar-refractivity contribution in [2.24, 2.45) is 0 Å². The van der Waals surface area contributed by atoms with E-state index in [0.717, 1.165) is 5.69 Å². The van der Waals surface area contributed by atoms with Gasteiger partial charge in [-0.25, -0.2) is 9.59 Å². The van der Waals surface area contributed by atoms with Crippen LogP contribution in [0.5, 0.6) is 0 Å². The van der Waals surface area contributed by atoms with E-state index in [-0.39, 0.29) is 31.4 Å². The predicted molar refractivity (Wildman–Crippen MR) is 96.5 cm³/mol. The summed E-state index contributed by atoms with van der Waals surface area (Å²) in [6, 6.07) is 7.13. The zero-order valence-electron chi connectivity index (χ0n) is 15.2. The fourth-order valence-corrected chi connectivity index (χ4v) is 1.85. The van der Waals surface area contributed by atoms with Crippen molar-refractivity contribution < 1.29 is 28.6 Å². The Morgan fingerprint density at radius 1 is 0.923 bits per heavy atom. The highest BCUT2D eigenvalue weighted by atomic mass is 16.6. The maximum atomic E-state index is 11.9. The van der Waals surface area contributed by atoms with E-state index in [1.807, 2.05) is 0 Å². The number of nitrogens with one attached hydrogen (secondary N) is 2. The monoisotopic (exact) mass is 364 g/mol. The average molecular weight is 364 g/mol. The third-order valence-electron chi connectivity index (χ3n) is 3.00. The van der Waals surface area contributed by atoms with Gasteiger partial charge in [-0.1, -0.05) is 0 Å². The molecule has 0 saturated heterocycles. The molecular formula is C18H24N2O6. The number of anilines is 2. The van der Waals surface area contributed by atoms with Crippen molar-refractivity contribution in [3.05, 3.63) is 36.0 Å². The van der Waals surface area contributed by atoms with Gasteiger partial charge in [-0.15, -0.1) is 0 Å². The summed E-state index contributed by atoms with van der Waals surface area (Å²) in [5, 5.41) is 5.97. The van der Waals surface area contributed by atoms with E-state index in [1.165, 1.54) is 13.1 Å². The summed E-state index contributed by atoms with van der Waals surface area (Å²) in [6.07, 6.45) is 1.26. The van der Waals surface area contributed by atoms with Gasteiger partial charge in [0.25, 0.3) is 0 Å². The van der Waals surface area contributed by atoms with Gasteiger partial charge < -0.3 is 24.8 Å². The van der Waals surface area contributed by atoms with Crippen LogP contribution in [0.15, 0.2) is 36.0 Å². The molecule has 8 heteroatoms. The van der Waals surface area contributed by atoms with Crippen LogP contribution in [0.25, 0.3) is 0 Å². The van der Waals surface area contributed by atoms with Gasteiger partial charge in [0.05, 0.1) is 13.2 Å². The minimum absolute atomic E-state index is 0.156. The van der Waals surface area contributed by atoms with Gasteiger partial charge in [-0.05, 0) is 38.1 Å². The van der Waals surface area contributed by atoms with Gasteiger partial charge in [0.15, 0.2) is 5.57 Å².